The summed E-state index contributed by atoms with van der Waals surface area (Å²) in [4.78, 5) is 4.64. The number of nitrogens with one attached hydrogen (secondary N) is 1. The molecule has 0 amide bonds. The number of rotatable bonds is 3. The van der Waals surface area contributed by atoms with Gasteiger partial charge in [-0.05, 0) is 25.2 Å². The van der Waals surface area contributed by atoms with Crippen molar-refractivity contribution in [1.82, 2.24) is 5.32 Å². The number of sulfone groups is 1. The Labute approximate surface area is 114 Å². The van der Waals surface area contributed by atoms with Crippen molar-refractivity contribution in [2.24, 2.45) is 10.9 Å². The number of thioether (sulfide) groups is 1. The second-order valence-corrected chi connectivity index (χ2v) is 8.86. The first-order valence-electron chi connectivity index (χ1n) is 6.62. The highest BCUT2D eigenvalue weighted by Crippen LogP contribution is 2.23. The fourth-order valence-corrected chi connectivity index (χ4v) is 5.14. The summed E-state index contributed by atoms with van der Waals surface area (Å²) >= 11 is 1.73. The Balaban J connectivity index is 1.87. The number of hydrogen-bond donors (Lipinski definition) is 1. The number of hydrogen-bond acceptors (Lipinski definition) is 5. The molecule has 2 aliphatic rings. The molecule has 18 heavy (non-hydrogen) atoms. The molecule has 0 saturated carbocycles. The molecule has 6 heteroatoms. The van der Waals surface area contributed by atoms with E-state index < -0.39 is 9.84 Å². The maximum absolute atomic E-state index is 11.6. The van der Waals surface area contributed by atoms with E-state index in [4.69, 9.17) is 0 Å². The molecule has 2 unspecified atom stereocenters. The van der Waals surface area contributed by atoms with E-state index in [1.54, 1.807) is 11.8 Å². The van der Waals surface area contributed by atoms with Crippen LogP contribution in [0.2, 0.25) is 0 Å². The summed E-state index contributed by atoms with van der Waals surface area (Å²) in [5.41, 5.74) is 0. The average molecular weight is 290 g/mol. The van der Waals surface area contributed by atoms with Crippen LogP contribution in [-0.2, 0) is 9.84 Å². The molecule has 2 heterocycles. The molecule has 1 saturated heterocycles. The van der Waals surface area contributed by atoms with Gasteiger partial charge in [0.05, 0.1) is 17.5 Å². The van der Waals surface area contributed by atoms with E-state index in [9.17, 15) is 8.42 Å². The largest absolute Gasteiger partial charge is 0.361 e. The lowest BCUT2D eigenvalue weighted by Gasteiger charge is -2.23. The molecule has 1 N–H and O–H groups in total. The monoisotopic (exact) mass is 290 g/mol. The van der Waals surface area contributed by atoms with Gasteiger partial charge in [-0.3, -0.25) is 4.99 Å². The van der Waals surface area contributed by atoms with E-state index in [2.05, 4.69) is 24.2 Å². The fraction of sp³-hybridized carbons (Fsp3) is 0.917. The van der Waals surface area contributed by atoms with E-state index in [1.165, 1.54) is 0 Å². The van der Waals surface area contributed by atoms with Crippen LogP contribution in [-0.4, -0.2) is 42.9 Å². The van der Waals surface area contributed by atoms with E-state index in [0.29, 0.717) is 17.7 Å². The predicted octanol–water partition coefficient (Wildman–Crippen LogP) is 1.67. The second kappa shape index (κ2) is 5.82. The molecule has 2 aliphatic heterocycles. The number of nitrogens with zero attached hydrogens (tertiary/aromatic N) is 1. The molecule has 0 radical (unpaired) electrons. The molecule has 0 aliphatic carbocycles. The van der Waals surface area contributed by atoms with Crippen LogP contribution < -0.4 is 5.32 Å². The van der Waals surface area contributed by atoms with Gasteiger partial charge in [0.2, 0.25) is 0 Å². The molecule has 2 rings (SSSR count). The summed E-state index contributed by atoms with van der Waals surface area (Å²) in [6.07, 6.45) is 2.82. The maximum Gasteiger partial charge on any atom is 0.157 e. The summed E-state index contributed by atoms with van der Waals surface area (Å²) < 4.78 is 23.1. The van der Waals surface area contributed by atoms with Crippen LogP contribution in [0.25, 0.3) is 0 Å². The Morgan fingerprint density at radius 2 is 2.28 bits per heavy atom. The fourth-order valence-electron chi connectivity index (χ4n) is 2.47. The average Bonchev–Trinajstić information content (AvgIpc) is 2.62. The van der Waals surface area contributed by atoms with Crippen molar-refractivity contribution < 1.29 is 8.42 Å². The van der Waals surface area contributed by atoms with Crippen molar-refractivity contribution in [3.8, 4) is 0 Å². The smallest absolute Gasteiger partial charge is 0.157 e. The maximum atomic E-state index is 11.6. The lowest BCUT2D eigenvalue weighted by Crippen LogP contribution is -2.41. The van der Waals surface area contributed by atoms with E-state index in [-0.39, 0.29) is 11.8 Å². The quantitative estimate of drug-likeness (QED) is 0.859. The molecule has 4 nitrogen and oxygen atoms in total. The Morgan fingerprint density at radius 1 is 1.50 bits per heavy atom. The SMILES string of the molecule is CC(C)CC1CSC(NC2CCCS(=O)(=O)C2)=N1. The van der Waals surface area contributed by atoms with E-state index >= 15 is 0 Å². The molecule has 0 spiro atoms. The van der Waals surface area contributed by atoms with Crippen molar-refractivity contribution in [2.45, 2.75) is 45.2 Å². The summed E-state index contributed by atoms with van der Waals surface area (Å²) in [6.45, 7) is 4.42. The highest BCUT2D eigenvalue weighted by Gasteiger charge is 2.27. The normalized spacial score (nSPS) is 31.4. The van der Waals surface area contributed by atoms with Gasteiger partial charge in [-0.15, -0.1) is 0 Å². The molecule has 2 atom stereocenters. The van der Waals surface area contributed by atoms with Gasteiger partial charge in [-0.2, -0.15) is 0 Å². The summed E-state index contributed by atoms with van der Waals surface area (Å²) in [6, 6.07) is 0.463. The zero-order chi connectivity index (χ0) is 13.2. The standard InChI is InChI=1S/C12H22N2O2S2/c1-9(2)6-11-7-17-12(14-11)13-10-4-3-5-18(15,16)8-10/h9-11H,3-8H2,1-2H3,(H,13,14). The first kappa shape index (κ1) is 14.2. The Morgan fingerprint density at radius 3 is 2.94 bits per heavy atom. The predicted molar refractivity (Wildman–Crippen MR) is 77.9 cm³/mol. The highest BCUT2D eigenvalue weighted by molar-refractivity contribution is 8.14. The minimum Gasteiger partial charge on any atom is -0.361 e. The molecular formula is C12H22N2O2S2. The molecule has 0 aromatic carbocycles. The van der Waals surface area contributed by atoms with Crippen LogP contribution in [0.4, 0.5) is 0 Å². The van der Waals surface area contributed by atoms with Crippen LogP contribution in [0.5, 0.6) is 0 Å². The van der Waals surface area contributed by atoms with Crippen molar-refractivity contribution in [3.63, 3.8) is 0 Å². The summed E-state index contributed by atoms with van der Waals surface area (Å²) in [5.74, 6) is 2.30. The van der Waals surface area contributed by atoms with Crippen molar-refractivity contribution in [2.75, 3.05) is 17.3 Å². The van der Waals surface area contributed by atoms with Gasteiger partial charge in [0.25, 0.3) is 0 Å². The third kappa shape index (κ3) is 4.16. The van der Waals surface area contributed by atoms with Crippen molar-refractivity contribution in [1.29, 1.82) is 0 Å². The third-order valence-corrected chi connectivity index (χ3v) is 6.12. The number of amidine groups is 1. The van der Waals surface area contributed by atoms with E-state index in [1.807, 2.05) is 0 Å². The number of aliphatic imine (C=N–C) groups is 1. The topological polar surface area (TPSA) is 58.5 Å². The Bertz CT molecular complexity index is 418. The minimum absolute atomic E-state index is 0.0628. The van der Waals surface area contributed by atoms with Crippen LogP contribution in [0.1, 0.15) is 33.1 Å². The van der Waals surface area contributed by atoms with Crippen LogP contribution in [0.3, 0.4) is 0 Å². The van der Waals surface area contributed by atoms with Crippen molar-refractivity contribution >= 4 is 26.8 Å². The molecule has 0 aromatic heterocycles. The van der Waals surface area contributed by atoms with Gasteiger partial charge in [0.15, 0.2) is 15.0 Å². The zero-order valence-electron chi connectivity index (χ0n) is 11.1. The molecule has 0 bridgehead atoms. The summed E-state index contributed by atoms with van der Waals surface area (Å²) in [5, 5.41) is 4.26. The molecule has 104 valence electrons. The van der Waals surface area contributed by atoms with Gasteiger partial charge < -0.3 is 5.32 Å². The summed E-state index contributed by atoms with van der Waals surface area (Å²) in [7, 11) is -2.83. The lowest BCUT2D eigenvalue weighted by molar-refractivity contribution is 0.522. The molecule has 0 aromatic rings. The van der Waals surface area contributed by atoms with Crippen LogP contribution in [0.15, 0.2) is 4.99 Å². The van der Waals surface area contributed by atoms with Gasteiger partial charge in [-0.25, -0.2) is 8.42 Å². The van der Waals surface area contributed by atoms with Gasteiger partial charge in [0, 0.05) is 11.8 Å². The molecule has 1 fully saturated rings. The minimum atomic E-state index is -2.83. The zero-order valence-corrected chi connectivity index (χ0v) is 12.7. The van der Waals surface area contributed by atoms with Gasteiger partial charge in [-0.1, -0.05) is 25.6 Å². The highest BCUT2D eigenvalue weighted by atomic mass is 32.2. The Hall–Kier alpha value is -0.230. The van der Waals surface area contributed by atoms with Crippen molar-refractivity contribution in [3.05, 3.63) is 0 Å². The Kier molecular flexibility index (Phi) is 4.59. The lowest BCUT2D eigenvalue weighted by atomic mass is 10.1. The van der Waals surface area contributed by atoms with Gasteiger partial charge in [0.1, 0.15) is 0 Å². The van der Waals surface area contributed by atoms with E-state index in [0.717, 1.165) is 30.2 Å². The second-order valence-electron chi connectivity index (χ2n) is 5.63. The molecular weight excluding hydrogens is 268 g/mol. The van der Waals surface area contributed by atoms with Crippen LogP contribution >= 0.6 is 11.8 Å². The third-order valence-electron chi connectivity index (χ3n) is 3.25. The first-order valence-corrected chi connectivity index (χ1v) is 9.43. The first-order chi connectivity index (χ1) is 8.44. The van der Waals surface area contributed by atoms with Gasteiger partial charge >= 0.3 is 0 Å². The van der Waals surface area contributed by atoms with Crippen LogP contribution in [0, 0.1) is 5.92 Å².